The summed E-state index contributed by atoms with van der Waals surface area (Å²) in [6.07, 6.45) is 4.54. The summed E-state index contributed by atoms with van der Waals surface area (Å²) in [6.45, 7) is 2.46. The molecule has 0 heterocycles. The lowest BCUT2D eigenvalue weighted by Gasteiger charge is -2.29. The minimum atomic E-state index is -1.03. The average Bonchev–Trinajstić information content (AvgIpc) is 2.86. The van der Waals surface area contributed by atoms with Crippen molar-refractivity contribution in [3.05, 3.63) is 66.2 Å². The van der Waals surface area contributed by atoms with Crippen LogP contribution >= 0.6 is 0 Å². The summed E-state index contributed by atoms with van der Waals surface area (Å²) in [7, 11) is 0. The van der Waals surface area contributed by atoms with Crippen molar-refractivity contribution in [1.82, 2.24) is 10.2 Å². The van der Waals surface area contributed by atoms with E-state index in [1.165, 1.54) is 11.8 Å². The van der Waals surface area contributed by atoms with Crippen molar-refractivity contribution in [2.75, 3.05) is 25.0 Å². The number of anilines is 1. The summed E-state index contributed by atoms with van der Waals surface area (Å²) in [6, 6.07) is 17.2. The maximum atomic E-state index is 13.6. The molecule has 2 atom stereocenters. The van der Waals surface area contributed by atoms with Crippen LogP contribution in [0, 0.1) is 0 Å². The minimum absolute atomic E-state index is 0.102. The molecule has 0 aliphatic rings. The van der Waals surface area contributed by atoms with Gasteiger partial charge in [-0.2, -0.15) is 0 Å². The van der Waals surface area contributed by atoms with E-state index in [1.807, 2.05) is 48.5 Å². The van der Waals surface area contributed by atoms with Gasteiger partial charge in [-0.1, -0.05) is 61.4 Å². The van der Waals surface area contributed by atoms with Gasteiger partial charge in [0.05, 0.1) is 12.6 Å². The number of unbranched alkanes of at least 4 members (excludes halogenated alkanes) is 3. The van der Waals surface area contributed by atoms with Crippen LogP contribution in [0.4, 0.5) is 5.69 Å². The monoisotopic (exact) mass is 482 g/mol. The second kappa shape index (κ2) is 15.6. The van der Waals surface area contributed by atoms with Crippen LogP contribution in [-0.2, 0) is 20.8 Å². The molecule has 0 saturated carbocycles. The van der Waals surface area contributed by atoms with Gasteiger partial charge < -0.3 is 21.1 Å². The fourth-order valence-corrected chi connectivity index (χ4v) is 3.79. The molecule has 2 aromatic carbocycles. The Morgan fingerprint density at radius 1 is 0.943 bits per heavy atom. The number of nitrogens with zero attached hydrogens (tertiary/aromatic N) is 1. The van der Waals surface area contributed by atoms with Crippen molar-refractivity contribution < 1.29 is 19.5 Å². The molecule has 2 rings (SSSR count). The van der Waals surface area contributed by atoms with E-state index in [2.05, 4.69) is 10.6 Å². The number of carboxylic acids is 1. The van der Waals surface area contributed by atoms with Gasteiger partial charge in [-0.3, -0.25) is 19.7 Å². The largest absolute Gasteiger partial charge is 0.480 e. The molecule has 0 bridgehead atoms. The Morgan fingerprint density at radius 3 is 2.20 bits per heavy atom. The Balaban J connectivity index is 2.13. The Kier molecular flexibility index (Phi) is 12.5. The van der Waals surface area contributed by atoms with Gasteiger partial charge in [0.2, 0.25) is 11.8 Å². The van der Waals surface area contributed by atoms with Crippen molar-refractivity contribution in [3.63, 3.8) is 0 Å². The number of nitrogens with one attached hydrogen (secondary N) is 2. The predicted octanol–water partition coefficient (Wildman–Crippen LogP) is 3.04. The molecule has 35 heavy (non-hydrogen) atoms. The van der Waals surface area contributed by atoms with E-state index < -0.39 is 18.1 Å². The number of para-hydroxylation sites is 1. The van der Waals surface area contributed by atoms with Gasteiger partial charge in [0.25, 0.3) is 0 Å². The number of nitrogens with two attached hydrogens (primary N) is 1. The van der Waals surface area contributed by atoms with Gasteiger partial charge in [0, 0.05) is 12.2 Å². The first kappa shape index (κ1) is 28.0. The van der Waals surface area contributed by atoms with E-state index in [4.69, 9.17) is 5.73 Å². The summed E-state index contributed by atoms with van der Waals surface area (Å²) in [5.41, 5.74) is 7.29. The van der Waals surface area contributed by atoms with E-state index in [-0.39, 0.29) is 18.4 Å². The third kappa shape index (κ3) is 10.7. The van der Waals surface area contributed by atoms with Crippen LogP contribution in [0.15, 0.2) is 60.7 Å². The second-order valence-corrected chi connectivity index (χ2v) is 8.68. The third-order valence-corrected chi connectivity index (χ3v) is 5.77. The first-order valence-electron chi connectivity index (χ1n) is 12.3. The van der Waals surface area contributed by atoms with Crippen LogP contribution < -0.4 is 16.4 Å². The van der Waals surface area contributed by atoms with Crippen molar-refractivity contribution in [3.8, 4) is 0 Å². The molecule has 0 aromatic heterocycles. The van der Waals surface area contributed by atoms with Gasteiger partial charge in [0.1, 0.15) is 6.04 Å². The number of aliphatic carboxylic acids is 1. The highest BCUT2D eigenvalue weighted by molar-refractivity contribution is 5.95. The Morgan fingerprint density at radius 2 is 1.57 bits per heavy atom. The zero-order valence-corrected chi connectivity index (χ0v) is 20.5. The maximum absolute atomic E-state index is 13.6. The van der Waals surface area contributed by atoms with Crippen molar-refractivity contribution in [2.45, 2.75) is 57.5 Å². The molecule has 0 aliphatic carbocycles. The molecule has 5 N–H and O–H groups in total. The number of carboxylic acid groups (broad SMARTS) is 1. The number of benzene rings is 2. The lowest BCUT2D eigenvalue weighted by molar-refractivity contribution is -0.141. The topological polar surface area (TPSA) is 125 Å². The predicted molar refractivity (Wildman–Crippen MR) is 138 cm³/mol. The van der Waals surface area contributed by atoms with Crippen LogP contribution in [-0.4, -0.2) is 59.5 Å². The first-order valence-corrected chi connectivity index (χ1v) is 12.3. The fraction of sp³-hybridized carbons (Fsp3) is 0.444. The molecule has 0 unspecified atom stereocenters. The summed E-state index contributed by atoms with van der Waals surface area (Å²) < 4.78 is 0. The number of carbonyl (C=O) groups is 3. The lowest BCUT2D eigenvalue weighted by atomic mass is 10.0. The molecule has 0 radical (unpaired) electrons. The van der Waals surface area contributed by atoms with Crippen LogP contribution in [0.1, 0.15) is 44.6 Å². The molecule has 2 amide bonds. The van der Waals surface area contributed by atoms with Crippen LogP contribution in [0.3, 0.4) is 0 Å². The van der Waals surface area contributed by atoms with E-state index >= 15 is 0 Å². The molecule has 0 spiro atoms. The molecular formula is C27H38N4O4. The molecule has 2 aromatic rings. The fourth-order valence-electron chi connectivity index (χ4n) is 3.79. The SMILES string of the molecule is C[C@@H](N[C@@H](CCc1ccccc1)C(=O)N(CCCCCCN)CC(=O)Nc1ccccc1)C(=O)O. The minimum Gasteiger partial charge on any atom is -0.480 e. The Bertz CT molecular complexity index is 908. The molecule has 8 heteroatoms. The van der Waals surface area contributed by atoms with Crippen LogP contribution in [0.2, 0.25) is 0 Å². The number of amides is 2. The van der Waals surface area contributed by atoms with Gasteiger partial charge in [0.15, 0.2) is 0 Å². The summed E-state index contributed by atoms with van der Waals surface area (Å²) in [5, 5.41) is 15.2. The van der Waals surface area contributed by atoms with Gasteiger partial charge in [-0.25, -0.2) is 0 Å². The molecule has 0 saturated heterocycles. The first-order chi connectivity index (χ1) is 16.9. The Labute approximate surface area is 207 Å². The second-order valence-electron chi connectivity index (χ2n) is 8.68. The molecule has 190 valence electrons. The summed E-state index contributed by atoms with van der Waals surface area (Å²) >= 11 is 0. The van der Waals surface area contributed by atoms with Gasteiger partial charge >= 0.3 is 5.97 Å². The van der Waals surface area contributed by atoms with Crippen molar-refractivity contribution >= 4 is 23.5 Å². The van der Waals surface area contributed by atoms with Crippen LogP contribution in [0.5, 0.6) is 0 Å². The van der Waals surface area contributed by atoms with E-state index in [1.54, 1.807) is 12.1 Å². The summed E-state index contributed by atoms with van der Waals surface area (Å²) in [5.74, 6) is -1.59. The smallest absolute Gasteiger partial charge is 0.320 e. The zero-order valence-electron chi connectivity index (χ0n) is 20.5. The molecular weight excluding hydrogens is 444 g/mol. The van der Waals surface area contributed by atoms with Crippen LogP contribution in [0.25, 0.3) is 0 Å². The number of carbonyl (C=O) groups excluding carboxylic acids is 2. The maximum Gasteiger partial charge on any atom is 0.320 e. The highest BCUT2D eigenvalue weighted by Gasteiger charge is 2.28. The van der Waals surface area contributed by atoms with Gasteiger partial charge in [-0.15, -0.1) is 0 Å². The van der Waals surface area contributed by atoms with Gasteiger partial charge in [-0.05, 0) is 56.8 Å². The zero-order chi connectivity index (χ0) is 25.5. The number of hydrogen-bond donors (Lipinski definition) is 4. The molecule has 0 fully saturated rings. The lowest BCUT2D eigenvalue weighted by Crippen LogP contribution is -2.53. The summed E-state index contributed by atoms with van der Waals surface area (Å²) in [4.78, 5) is 39.4. The standard InChI is InChI=1S/C27H38N4O4/c1-21(27(34)35)29-24(17-16-22-12-6-4-7-13-22)26(33)31(19-11-3-2-10-18-28)20-25(32)30-23-14-8-5-9-15-23/h4-9,12-15,21,24,29H,2-3,10-11,16-20,28H2,1H3,(H,30,32)(H,34,35)/t21-,24+/m1/s1. The van der Waals surface area contributed by atoms with Crippen molar-refractivity contribution in [1.29, 1.82) is 0 Å². The highest BCUT2D eigenvalue weighted by atomic mass is 16.4. The normalized spacial score (nSPS) is 12.5. The molecule has 8 nitrogen and oxygen atoms in total. The third-order valence-electron chi connectivity index (χ3n) is 5.77. The van der Waals surface area contributed by atoms with E-state index in [0.29, 0.717) is 31.6 Å². The number of aryl methyl sites for hydroxylation is 1. The quantitative estimate of drug-likeness (QED) is 0.273. The van der Waals surface area contributed by atoms with E-state index in [9.17, 15) is 19.5 Å². The van der Waals surface area contributed by atoms with Crippen molar-refractivity contribution in [2.24, 2.45) is 5.73 Å². The Hall–Kier alpha value is -3.23. The number of rotatable bonds is 16. The highest BCUT2D eigenvalue weighted by Crippen LogP contribution is 2.12. The number of hydrogen-bond acceptors (Lipinski definition) is 5. The van der Waals surface area contributed by atoms with E-state index in [0.717, 1.165) is 31.2 Å². The molecule has 0 aliphatic heterocycles. The average molecular weight is 483 g/mol.